The van der Waals surface area contributed by atoms with Gasteiger partial charge in [0.25, 0.3) is 0 Å². The second-order valence-corrected chi connectivity index (χ2v) is 1.50. The third kappa shape index (κ3) is 2.37. The molecule has 0 aromatic carbocycles. The molecule has 0 aliphatic rings. The lowest BCUT2D eigenvalue weighted by Crippen LogP contribution is -1.98. The Morgan fingerprint density at radius 1 is 1.45 bits per heavy atom. The van der Waals surface area contributed by atoms with E-state index >= 15 is 0 Å². The highest BCUT2D eigenvalue weighted by molar-refractivity contribution is 5.86. The van der Waals surface area contributed by atoms with Crippen molar-refractivity contribution in [3.8, 4) is 0 Å². The fourth-order valence-electron chi connectivity index (χ4n) is 0.426. The summed E-state index contributed by atoms with van der Waals surface area (Å²) in [6.45, 7) is 5.51. The quantitative estimate of drug-likeness (QED) is 0.662. The number of hydrogen-bond donors (Lipinski definition) is 1. The second kappa shape index (κ2) is 4.43. The van der Waals surface area contributed by atoms with E-state index in [0.29, 0.717) is 5.69 Å². The Labute approximate surface area is 64.0 Å². The van der Waals surface area contributed by atoms with E-state index in [4.69, 9.17) is 5.11 Å². The molecule has 1 aromatic heterocycles. The third-order valence-corrected chi connectivity index (χ3v) is 0.855. The summed E-state index contributed by atoms with van der Waals surface area (Å²) in [7, 11) is 0. The predicted octanol–water partition coefficient (Wildman–Crippen LogP) is 1.10. The van der Waals surface area contributed by atoms with E-state index in [1.807, 2.05) is 13.8 Å². The summed E-state index contributed by atoms with van der Waals surface area (Å²) < 4.78 is 4.13. The predicted molar refractivity (Wildman–Crippen MR) is 37.3 cm³/mol. The zero-order valence-electron chi connectivity index (χ0n) is 6.66. The van der Waals surface area contributed by atoms with Crippen LogP contribution in [0.25, 0.3) is 0 Å². The van der Waals surface area contributed by atoms with Crippen LogP contribution in [0.5, 0.6) is 0 Å². The maximum Gasteiger partial charge on any atom is 0.360 e. The van der Waals surface area contributed by atoms with Crippen LogP contribution in [0, 0.1) is 6.92 Å². The highest BCUT2D eigenvalue weighted by Crippen LogP contribution is 1.98. The molecular formula is C6H10N2O3. The van der Waals surface area contributed by atoms with Gasteiger partial charge in [-0.1, -0.05) is 19.0 Å². The van der Waals surface area contributed by atoms with E-state index in [0.717, 1.165) is 0 Å². The van der Waals surface area contributed by atoms with Crippen LogP contribution in [-0.2, 0) is 0 Å². The van der Waals surface area contributed by atoms with Gasteiger partial charge in [-0.25, -0.2) is 9.42 Å². The van der Waals surface area contributed by atoms with E-state index in [9.17, 15) is 4.79 Å². The average molecular weight is 158 g/mol. The van der Waals surface area contributed by atoms with Crippen molar-refractivity contribution in [1.82, 2.24) is 10.3 Å². The number of carboxylic acids is 1. The van der Waals surface area contributed by atoms with Crippen LogP contribution in [0.2, 0.25) is 0 Å². The van der Waals surface area contributed by atoms with Crippen molar-refractivity contribution in [3.63, 3.8) is 0 Å². The third-order valence-electron chi connectivity index (χ3n) is 0.855. The number of aryl methyl sites for hydroxylation is 1. The van der Waals surface area contributed by atoms with Crippen LogP contribution < -0.4 is 0 Å². The van der Waals surface area contributed by atoms with E-state index in [1.54, 1.807) is 0 Å². The molecule has 0 aliphatic carbocycles. The molecule has 0 radical (unpaired) electrons. The minimum atomic E-state index is -1.12. The molecular weight excluding hydrogens is 148 g/mol. The van der Waals surface area contributed by atoms with Crippen molar-refractivity contribution in [1.29, 1.82) is 0 Å². The molecule has 1 aromatic rings. The molecule has 0 saturated heterocycles. The van der Waals surface area contributed by atoms with Gasteiger partial charge in [0.1, 0.15) is 5.69 Å². The Hall–Kier alpha value is -1.39. The number of aromatic carboxylic acids is 1. The van der Waals surface area contributed by atoms with Gasteiger partial charge in [0.2, 0.25) is 5.69 Å². The van der Waals surface area contributed by atoms with Gasteiger partial charge in [0.05, 0.1) is 0 Å². The molecule has 0 spiro atoms. The Morgan fingerprint density at radius 2 is 2.00 bits per heavy atom. The Balaban J connectivity index is 0.000000461. The van der Waals surface area contributed by atoms with Gasteiger partial charge >= 0.3 is 5.97 Å². The molecule has 0 atom stereocenters. The first-order valence-electron chi connectivity index (χ1n) is 3.24. The van der Waals surface area contributed by atoms with Gasteiger partial charge in [0, 0.05) is 0 Å². The smallest absolute Gasteiger partial charge is 0.360 e. The topological polar surface area (TPSA) is 76.2 Å². The molecule has 5 nitrogen and oxygen atoms in total. The monoisotopic (exact) mass is 158 g/mol. The van der Waals surface area contributed by atoms with Crippen molar-refractivity contribution in [2.75, 3.05) is 0 Å². The van der Waals surface area contributed by atoms with E-state index < -0.39 is 5.97 Å². The van der Waals surface area contributed by atoms with Crippen LogP contribution >= 0.6 is 0 Å². The van der Waals surface area contributed by atoms with Crippen molar-refractivity contribution < 1.29 is 14.5 Å². The van der Waals surface area contributed by atoms with E-state index in [-0.39, 0.29) is 5.69 Å². The zero-order chi connectivity index (χ0) is 8.85. The van der Waals surface area contributed by atoms with Crippen molar-refractivity contribution in [2.45, 2.75) is 20.8 Å². The standard InChI is InChI=1S/C4H4N2O3.C2H6/c1-2-3(4(7)8)6-9-5-2;1-2/h1H3,(H,7,8);1-2H3. The molecule has 0 bridgehead atoms. The zero-order valence-corrected chi connectivity index (χ0v) is 6.66. The minimum Gasteiger partial charge on any atom is -0.476 e. The van der Waals surface area contributed by atoms with Gasteiger partial charge in [-0.15, -0.1) is 0 Å². The molecule has 0 amide bonds. The van der Waals surface area contributed by atoms with Crippen LogP contribution in [0.1, 0.15) is 30.0 Å². The molecule has 0 aliphatic heterocycles. The van der Waals surface area contributed by atoms with Gasteiger partial charge in [-0.2, -0.15) is 0 Å². The van der Waals surface area contributed by atoms with Crippen LogP contribution in [-0.4, -0.2) is 21.4 Å². The molecule has 1 N–H and O–H groups in total. The highest BCUT2D eigenvalue weighted by Gasteiger charge is 2.11. The van der Waals surface area contributed by atoms with Crippen molar-refractivity contribution in [3.05, 3.63) is 11.4 Å². The van der Waals surface area contributed by atoms with Crippen molar-refractivity contribution in [2.24, 2.45) is 0 Å². The lowest BCUT2D eigenvalue weighted by molar-refractivity contribution is 0.0684. The first-order valence-corrected chi connectivity index (χ1v) is 3.24. The van der Waals surface area contributed by atoms with Gasteiger partial charge in [0.15, 0.2) is 0 Å². The summed E-state index contributed by atoms with van der Waals surface area (Å²) in [5, 5.41) is 14.7. The number of carbonyl (C=O) groups is 1. The SMILES string of the molecule is CC.Cc1nonc1C(=O)O. The number of aromatic nitrogens is 2. The Morgan fingerprint density at radius 3 is 2.18 bits per heavy atom. The Kier molecular flexibility index (Phi) is 3.87. The van der Waals surface area contributed by atoms with Crippen LogP contribution in [0.4, 0.5) is 0 Å². The molecule has 11 heavy (non-hydrogen) atoms. The molecule has 0 fully saturated rings. The number of carboxylic acid groups (broad SMARTS) is 1. The summed E-state index contributed by atoms with van der Waals surface area (Å²) in [6, 6.07) is 0. The summed E-state index contributed by atoms with van der Waals surface area (Å²) in [4.78, 5) is 10.1. The molecule has 5 heteroatoms. The second-order valence-electron chi connectivity index (χ2n) is 1.50. The summed E-state index contributed by atoms with van der Waals surface area (Å²) >= 11 is 0. The lowest BCUT2D eigenvalue weighted by Gasteiger charge is -1.79. The molecule has 1 rings (SSSR count). The number of nitrogens with zero attached hydrogens (tertiary/aromatic N) is 2. The summed E-state index contributed by atoms with van der Waals surface area (Å²) in [6.07, 6.45) is 0. The average Bonchev–Trinajstić information content (AvgIpc) is 2.39. The maximum atomic E-state index is 10.1. The maximum absolute atomic E-state index is 10.1. The van der Waals surface area contributed by atoms with E-state index in [2.05, 4.69) is 14.9 Å². The lowest BCUT2D eigenvalue weighted by atomic mass is 10.4. The van der Waals surface area contributed by atoms with Crippen LogP contribution in [0.15, 0.2) is 4.63 Å². The Bertz CT molecular complexity index is 231. The summed E-state index contributed by atoms with van der Waals surface area (Å²) in [5.74, 6) is -1.12. The first kappa shape index (κ1) is 9.61. The fraction of sp³-hybridized carbons (Fsp3) is 0.500. The summed E-state index contributed by atoms with van der Waals surface area (Å²) in [5.41, 5.74) is 0.164. The molecule has 0 saturated carbocycles. The highest BCUT2D eigenvalue weighted by atomic mass is 16.6. The largest absolute Gasteiger partial charge is 0.476 e. The van der Waals surface area contributed by atoms with Gasteiger partial charge in [-0.05, 0) is 12.1 Å². The molecule has 62 valence electrons. The van der Waals surface area contributed by atoms with Crippen LogP contribution in [0.3, 0.4) is 0 Å². The van der Waals surface area contributed by atoms with Gasteiger partial charge in [-0.3, -0.25) is 0 Å². The fourth-order valence-corrected chi connectivity index (χ4v) is 0.426. The number of rotatable bonds is 1. The molecule has 0 unspecified atom stereocenters. The van der Waals surface area contributed by atoms with E-state index in [1.165, 1.54) is 6.92 Å². The normalized spacial score (nSPS) is 8.27. The first-order chi connectivity index (χ1) is 5.22. The molecule has 1 heterocycles. The van der Waals surface area contributed by atoms with Crippen molar-refractivity contribution >= 4 is 5.97 Å². The number of hydrogen-bond acceptors (Lipinski definition) is 4. The van der Waals surface area contributed by atoms with Gasteiger partial charge < -0.3 is 5.11 Å². The minimum absolute atomic E-state index is 0.130.